The van der Waals surface area contributed by atoms with Crippen LogP contribution in [0.3, 0.4) is 0 Å². The SMILES string of the molecule is CCCC(Cc1cc(F)cc(F)c1)S(=O)(=O)O. The second-order valence-corrected chi connectivity index (χ2v) is 5.60. The lowest BCUT2D eigenvalue weighted by atomic mass is 10.1. The van der Waals surface area contributed by atoms with E-state index in [4.69, 9.17) is 4.55 Å². The smallest absolute Gasteiger partial charge is 0.268 e. The van der Waals surface area contributed by atoms with Crippen molar-refractivity contribution in [2.24, 2.45) is 0 Å². The third-order valence-electron chi connectivity index (χ3n) is 2.42. The maximum absolute atomic E-state index is 12.9. The van der Waals surface area contributed by atoms with Gasteiger partial charge in [-0.25, -0.2) is 8.78 Å². The lowest BCUT2D eigenvalue weighted by Gasteiger charge is -2.12. The van der Waals surface area contributed by atoms with Crippen molar-refractivity contribution in [3.05, 3.63) is 35.4 Å². The molecule has 1 N–H and O–H groups in total. The molecule has 0 aliphatic heterocycles. The van der Waals surface area contributed by atoms with Gasteiger partial charge in [-0.3, -0.25) is 4.55 Å². The summed E-state index contributed by atoms with van der Waals surface area (Å²) in [5, 5.41) is -1.02. The first kappa shape index (κ1) is 14.1. The van der Waals surface area contributed by atoms with E-state index >= 15 is 0 Å². The van der Waals surface area contributed by atoms with Crippen molar-refractivity contribution in [1.29, 1.82) is 0 Å². The molecule has 0 fully saturated rings. The molecule has 1 unspecified atom stereocenters. The van der Waals surface area contributed by atoms with E-state index in [1.165, 1.54) is 0 Å². The molecule has 1 aromatic carbocycles. The average Bonchev–Trinajstić information content (AvgIpc) is 2.13. The first-order chi connectivity index (χ1) is 7.82. The molecule has 1 aromatic rings. The fourth-order valence-corrected chi connectivity index (χ4v) is 2.61. The minimum Gasteiger partial charge on any atom is -0.285 e. The maximum atomic E-state index is 12.9. The van der Waals surface area contributed by atoms with Crippen molar-refractivity contribution >= 4 is 10.1 Å². The molecule has 0 bridgehead atoms. The number of halogens is 2. The summed E-state index contributed by atoms with van der Waals surface area (Å²) >= 11 is 0. The van der Waals surface area contributed by atoms with Gasteiger partial charge in [-0.1, -0.05) is 13.3 Å². The van der Waals surface area contributed by atoms with Gasteiger partial charge in [0.2, 0.25) is 0 Å². The Kier molecular flexibility index (Phi) is 4.59. The van der Waals surface area contributed by atoms with E-state index in [9.17, 15) is 17.2 Å². The van der Waals surface area contributed by atoms with Crippen LogP contribution in [0.25, 0.3) is 0 Å². The highest BCUT2D eigenvalue weighted by Gasteiger charge is 2.22. The van der Waals surface area contributed by atoms with Crippen LogP contribution in [-0.2, 0) is 16.5 Å². The van der Waals surface area contributed by atoms with Gasteiger partial charge in [0.15, 0.2) is 0 Å². The van der Waals surface area contributed by atoms with E-state index in [0.717, 1.165) is 12.1 Å². The van der Waals surface area contributed by atoms with E-state index in [2.05, 4.69) is 0 Å². The van der Waals surface area contributed by atoms with Gasteiger partial charge in [0.05, 0.1) is 5.25 Å². The van der Waals surface area contributed by atoms with Crippen molar-refractivity contribution in [1.82, 2.24) is 0 Å². The van der Waals surface area contributed by atoms with Crippen LogP contribution in [-0.4, -0.2) is 18.2 Å². The van der Waals surface area contributed by atoms with E-state index in [1.807, 2.05) is 0 Å². The molecule has 0 saturated heterocycles. The summed E-state index contributed by atoms with van der Waals surface area (Å²) in [5.74, 6) is -1.52. The van der Waals surface area contributed by atoms with Crippen molar-refractivity contribution in [2.45, 2.75) is 31.4 Å². The fourth-order valence-electron chi connectivity index (χ4n) is 1.67. The molecule has 0 amide bonds. The van der Waals surface area contributed by atoms with E-state index < -0.39 is 27.0 Å². The fraction of sp³-hybridized carbons (Fsp3) is 0.455. The minimum atomic E-state index is -4.20. The standard InChI is InChI=1S/C11H14F2O3S/c1-2-3-11(17(14,15)16)6-8-4-9(12)7-10(13)5-8/h4-5,7,11H,2-3,6H2,1H3,(H,14,15,16). The number of rotatable bonds is 5. The zero-order chi connectivity index (χ0) is 13.1. The predicted molar refractivity (Wildman–Crippen MR) is 60.3 cm³/mol. The molecule has 17 heavy (non-hydrogen) atoms. The highest BCUT2D eigenvalue weighted by Crippen LogP contribution is 2.16. The van der Waals surface area contributed by atoms with Gasteiger partial charge in [-0.2, -0.15) is 8.42 Å². The van der Waals surface area contributed by atoms with Gasteiger partial charge < -0.3 is 0 Å². The monoisotopic (exact) mass is 264 g/mol. The summed E-state index contributed by atoms with van der Waals surface area (Å²) in [5.41, 5.74) is 0.221. The second-order valence-electron chi connectivity index (χ2n) is 3.91. The number of hydrogen-bond acceptors (Lipinski definition) is 2. The molecule has 0 aliphatic carbocycles. The Morgan fingerprint density at radius 3 is 2.18 bits per heavy atom. The van der Waals surface area contributed by atoms with Gasteiger partial charge in [0, 0.05) is 6.07 Å². The summed E-state index contributed by atoms with van der Waals surface area (Å²) in [7, 11) is -4.20. The Bertz CT molecular complexity index is 465. The summed E-state index contributed by atoms with van der Waals surface area (Å²) in [6.07, 6.45) is 0.709. The highest BCUT2D eigenvalue weighted by atomic mass is 32.2. The summed E-state index contributed by atoms with van der Waals surface area (Å²) < 4.78 is 56.9. The molecular formula is C11H14F2O3S. The molecule has 0 aromatic heterocycles. The molecule has 1 rings (SSSR count). The Labute approximate surface area is 99.2 Å². The van der Waals surface area contributed by atoms with E-state index in [1.54, 1.807) is 6.92 Å². The first-order valence-corrected chi connectivity index (χ1v) is 6.74. The molecule has 0 saturated carbocycles. The zero-order valence-corrected chi connectivity index (χ0v) is 10.2. The van der Waals surface area contributed by atoms with E-state index in [-0.39, 0.29) is 18.4 Å². The first-order valence-electron chi connectivity index (χ1n) is 5.24. The van der Waals surface area contributed by atoms with Crippen LogP contribution in [0, 0.1) is 11.6 Å². The lowest BCUT2D eigenvalue weighted by molar-refractivity contribution is 0.459. The molecule has 0 aliphatic rings. The minimum absolute atomic E-state index is 0.0959. The summed E-state index contributed by atoms with van der Waals surface area (Å²) in [6, 6.07) is 2.85. The molecule has 3 nitrogen and oxygen atoms in total. The van der Waals surface area contributed by atoms with Crippen LogP contribution in [0.15, 0.2) is 18.2 Å². The topological polar surface area (TPSA) is 54.4 Å². The van der Waals surface area contributed by atoms with Crippen LogP contribution in [0.2, 0.25) is 0 Å². The Hall–Kier alpha value is -1.01. The number of hydrogen-bond donors (Lipinski definition) is 1. The molecule has 0 heterocycles. The molecule has 6 heteroatoms. The molecular weight excluding hydrogens is 250 g/mol. The Morgan fingerprint density at radius 2 is 1.76 bits per heavy atom. The van der Waals surface area contributed by atoms with Crippen LogP contribution >= 0.6 is 0 Å². The second kappa shape index (κ2) is 5.55. The normalized spacial score (nSPS) is 13.6. The van der Waals surface area contributed by atoms with Crippen LogP contribution in [0.1, 0.15) is 25.3 Å². The van der Waals surface area contributed by atoms with Crippen LogP contribution in [0.4, 0.5) is 8.78 Å². The van der Waals surface area contributed by atoms with Crippen molar-refractivity contribution in [2.75, 3.05) is 0 Å². The Morgan fingerprint density at radius 1 is 1.24 bits per heavy atom. The highest BCUT2D eigenvalue weighted by molar-refractivity contribution is 7.86. The van der Waals surface area contributed by atoms with Crippen LogP contribution in [0.5, 0.6) is 0 Å². The molecule has 1 atom stereocenters. The zero-order valence-electron chi connectivity index (χ0n) is 9.36. The average molecular weight is 264 g/mol. The summed E-state index contributed by atoms with van der Waals surface area (Å²) in [6.45, 7) is 1.77. The Balaban J connectivity index is 2.93. The molecule has 0 radical (unpaired) electrons. The predicted octanol–water partition coefficient (Wildman–Crippen LogP) is 2.56. The van der Waals surface area contributed by atoms with Gasteiger partial charge in [0.1, 0.15) is 11.6 Å². The third kappa shape index (κ3) is 4.40. The van der Waals surface area contributed by atoms with Crippen molar-refractivity contribution in [3.63, 3.8) is 0 Å². The van der Waals surface area contributed by atoms with Gasteiger partial charge in [-0.15, -0.1) is 0 Å². The summed E-state index contributed by atoms with van der Waals surface area (Å²) in [4.78, 5) is 0. The molecule has 0 spiro atoms. The maximum Gasteiger partial charge on any atom is 0.268 e. The largest absolute Gasteiger partial charge is 0.285 e. The van der Waals surface area contributed by atoms with Gasteiger partial charge >= 0.3 is 0 Å². The van der Waals surface area contributed by atoms with Crippen molar-refractivity contribution in [3.8, 4) is 0 Å². The van der Waals surface area contributed by atoms with Gasteiger partial charge in [0.25, 0.3) is 10.1 Å². The van der Waals surface area contributed by atoms with Crippen molar-refractivity contribution < 1.29 is 21.8 Å². The van der Waals surface area contributed by atoms with E-state index in [0.29, 0.717) is 12.5 Å². The van der Waals surface area contributed by atoms with Gasteiger partial charge in [-0.05, 0) is 30.5 Å². The van der Waals surface area contributed by atoms with Crippen LogP contribution < -0.4 is 0 Å². The molecule has 96 valence electrons. The third-order valence-corrected chi connectivity index (χ3v) is 3.66. The lowest BCUT2D eigenvalue weighted by Crippen LogP contribution is -2.23. The quantitative estimate of drug-likeness (QED) is 0.831. The number of benzene rings is 1.